The highest BCUT2D eigenvalue weighted by Crippen LogP contribution is 2.26. The van der Waals surface area contributed by atoms with Crippen molar-refractivity contribution < 1.29 is 4.74 Å². The maximum Gasteiger partial charge on any atom is 0.124 e. The lowest BCUT2D eigenvalue weighted by atomic mass is 9.99. The molecule has 0 spiro atoms. The molecule has 0 bridgehead atoms. The standard InChI is InChI=1S/C16H23N5O/c1-20-16(8-14(19-20)12-4-3-7-22-11-12)17-9-13-10-18-21-6-2-5-15(13)21/h8,10,12,17H,2-7,9,11H2,1H3. The molecule has 4 heterocycles. The maximum absolute atomic E-state index is 5.57. The molecule has 118 valence electrons. The van der Waals surface area contributed by atoms with Gasteiger partial charge in [0.15, 0.2) is 0 Å². The molecule has 0 amide bonds. The SMILES string of the molecule is Cn1nc(C2CCCOC2)cc1NCc1cnn2c1CCC2. The minimum atomic E-state index is 0.441. The Hall–Kier alpha value is -1.82. The quantitative estimate of drug-likeness (QED) is 0.939. The third-order valence-electron chi connectivity index (χ3n) is 4.76. The summed E-state index contributed by atoms with van der Waals surface area (Å²) >= 11 is 0. The summed E-state index contributed by atoms with van der Waals surface area (Å²) in [5.74, 6) is 1.51. The van der Waals surface area contributed by atoms with E-state index in [1.54, 1.807) is 0 Å². The Labute approximate surface area is 130 Å². The van der Waals surface area contributed by atoms with Crippen LogP contribution in [0.25, 0.3) is 0 Å². The molecule has 2 aliphatic heterocycles. The number of hydrogen-bond acceptors (Lipinski definition) is 4. The van der Waals surface area contributed by atoms with Crippen molar-refractivity contribution in [2.45, 2.75) is 44.7 Å². The molecule has 1 saturated heterocycles. The Balaban J connectivity index is 1.45. The minimum Gasteiger partial charge on any atom is -0.381 e. The smallest absolute Gasteiger partial charge is 0.124 e. The van der Waals surface area contributed by atoms with E-state index in [4.69, 9.17) is 4.74 Å². The Bertz CT molecular complexity index is 654. The van der Waals surface area contributed by atoms with Crippen LogP contribution in [0.5, 0.6) is 0 Å². The van der Waals surface area contributed by atoms with Gasteiger partial charge in [0.05, 0.1) is 18.5 Å². The van der Waals surface area contributed by atoms with E-state index in [2.05, 4.69) is 26.3 Å². The Morgan fingerprint density at radius 3 is 3.23 bits per heavy atom. The lowest BCUT2D eigenvalue weighted by molar-refractivity contribution is 0.0791. The van der Waals surface area contributed by atoms with Crippen LogP contribution in [0.1, 0.15) is 42.1 Å². The molecule has 6 nitrogen and oxygen atoms in total. The second-order valence-electron chi connectivity index (χ2n) is 6.29. The first-order chi connectivity index (χ1) is 10.8. The fourth-order valence-electron chi connectivity index (χ4n) is 3.49. The van der Waals surface area contributed by atoms with E-state index in [1.165, 1.54) is 24.1 Å². The highest BCUT2D eigenvalue weighted by atomic mass is 16.5. The van der Waals surface area contributed by atoms with Crippen molar-refractivity contribution in [1.29, 1.82) is 0 Å². The summed E-state index contributed by atoms with van der Waals surface area (Å²) < 4.78 is 9.64. The first-order valence-corrected chi connectivity index (χ1v) is 8.20. The molecule has 0 aromatic carbocycles. The summed E-state index contributed by atoms with van der Waals surface area (Å²) in [5.41, 5.74) is 3.83. The molecule has 2 aromatic heterocycles. The summed E-state index contributed by atoms with van der Waals surface area (Å²) in [6.45, 7) is 3.57. The van der Waals surface area contributed by atoms with Crippen LogP contribution in [0.3, 0.4) is 0 Å². The van der Waals surface area contributed by atoms with E-state index in [9.17, 15) is 0 Å². The van der Waals surface area contributed by atoms with Gasteiger partial charge >= 0.3 is 0 Å². The van der Waals surface area contributed by atoms with Crippen LogP contribution in [0.2, 0.25) is 0 Å². The number of hydrogen-bond donors (Lipinski definition) is 1. The maximum atomic E-state index is 5.57. The van der Waals surface area contributed by atoms with Gasteiger partial charge in [0.25, 0.3) is 0 Å². The average molecular weight is 301 g/mol. The normalized spacial score (nSPS) is 21.0. The van der Waals surface area contributed by atoms with E-state index in [-0.39, 0.29) is 0 Å². The van der Waals surface area contributed by atoms with E-state index in [1.807, 2.05) is 17.9 Å². The molecular weight excluding hydrogens is 278 g/mol. The third kappa shape index (κ3) is 2.52. The summed E-state index contributed by atoms with van der Waals surface area (Å²) in [6.07, 6.45) is 6.66. The number of aromatic nitrogens is 4. The van der Waals surface area contributed by atoms with Crippen molar-refractivity contribution in [2.24, 2.45) is 7.05 Å². The zero-order chi connectivity index (χ0) is 14.9. The van der Waals surface area contributed by atoms with Crippen LogP contribution in [0.4, 0.5) is 5.82 Å². The fraction of sp³-hybridized carbons (Fsp3) is 0.625. The number of nitrogens with zero attached hydrogens (tertiary/aromatic N) is 4. The lowest BCUT2D eigenvalue weighted by Crippen LogP contribution is -2.16. The van der Waals surface area contributed by atoms with Crippen LogP contribution < -0.4 is 5.32 Å². The van der Waals surface area contributed by atoms with Crippen molar-refractivity contribution in [3.8, 4) is 0 Å². The van der Waals surface area contributed by atoms with Crippen LogP contribution in [0, 0.1) is 0 Å². The van der Waals surface area contributed by atoms with Crippen molar-refractivity contribution in [3.63, 3.8) is 0 Å². The molecular formula is C16H23N5O. The van der Waals surface area contributed by atoms with Crippen molar-refractivity contribution >= 4 is 5.82 Å². The van der Waals surface area contributed by atoms with Gasteiger partial charge < -0.3 is 10.1 Å². The van der Waals surface area contributed by atoms with Crippen LogP contribution in [-0.4, -0.2) is 32.8 Å². The van der Waals surface area contributed by atoms with Gasteiger partial charge in [-0.2, -0.15) is 10.2 Å². The summed E-state index contributed by atoms with van der Waals surface area (Å²) in [5, 5.41) is 12.6. The summed E-state index contributed by atoms with van der Waals surface area (Å²) in [7, 11) is 2.00. The molecule has 2 aliphatic rings. The number of rotatable bonds is 4. The van der Waals surface area contributed by atoms with E-state index in [0.717, 1.165) is 50.7 Å². The summed E-state index contributed by atoms with van der Waals surface area (Å²) in [4.78, 5) is 0. The van der Waals surface area contributed by atoms with Crippen molar-refractivity contribution in [3.05, 3.63) is 29.2 Å². The Kier molecular flexibility index (Phi) is 3.62. The third-order valence-corrected chi connectivity index (χ3v) is 4.76. The van der Waals surface area contributed by atoms with Gasteiger partial charge in [0.2, 0.25) is 0 Å². The number of nitrogens with one attached hydrogen (secondary N) is 1. The first kappa shape index (κ1) is 13.8. The lowest BCUT2D eigenvalue weighted by Gasteiger charge is -2.19. The van der Waals surface area contributed by atoms with Gasteiger partial charge in [-0.15, -0.1) is 0 Å². The van der Waals surface area contributed by atoms with Gasteiger partial charge in [0.1, 0.15) is 5.82 Å². The van der Waals surface area contributed by atoms with E-state index in [0.29, 0.717) is 5.92 Å². The molecule has 1 unspecified atom stereocenters. The van der Waals surface area contributed by atoms with Gasteiger partial charge in [-0.3, -0.25) is 9.36 Å². The van der Waals surface area contributed by atoms with Gasteiger partial charge in [0, 0.05) is 50.0 Å². The fourth-order valence-corrected chi connectivity index (χ4v) is 3.49. The topological polar surface area (TPSA) is 56.9 Å². The molecule has 1 N–H and O–H groups in total. The predicted octanol–water partition coefficient (Wildman–Crippen LogP) is 2.07. The van der Waals surface area contributed by atoms with E-state index >= 15 is 0 Å². The first-order valence-electron chi connectivity index (χ1n) is 8.20. The number of ether oxygens (including phenoxy) is 1. The Morgan fingerprint density at radius 1 is 1.41 bits per heavy atom. The number of aryl methyl sites for hydroxylation is 2. The van der Waals surface area contributed by atoms with E-state index < -0.39 is 0 Å². The molecule has 2 aromatic rings. The van der Waals surface area contributed by atoms with Crippen LogP contribution >= 0.6 is 0 Å². The zero-order valence-electron chi connectivity index (χ0n) is 13.1. The molecule has 4 rings (SSSR count). The molecule has 0 aliphatic carbocycles. The largest absolute Gasteiger partial charge is 0.381 e. The minimum absolute atomic E-state index is 0.441. The molecule has 0 saturated carbocycles. The Morgan fingerprint density at radius 2 is 2.36 bits per heavy atom. The molecule has 6 heteroatoms. The number of fused-ring (bicyclic) bond motifs is 1. The van der Waals surface area contributed by atoms with Gasteiger partial charge in [-0.05, 0) is 25.7 Å². The predicted molar refractivity (Wildman–Crippen MR) is 83.9 cm³/mol. The van der Waals surface area contributed by atoms with Gasteiger partial charge in [-0.25, -0.2) is 0 Å². The van der Waals surface area contributed by atoms with Crippen molar-refractivity contribution in [2.75, 3.05) is 18.5 Å². The molecule has 1 atom stereocenters. The van der Waals surface area contributed by atoms with Gasteiger partial charge in [-0.1, -0.05) is 0 Å². The summed E-state index contributed by atoms with van der Waals surface area (Å²) in [6, 6.07) is 2.17. The monoisotopic (exact) mass is 301 g/mol. The number of anilines is 1. The highest BCUT2D eigenvalue weighted by Gasteiger charge is 2.20. The molecule has 1 fully saturated rings. The highest BCUT2D eigenvalue weighted by molar-refractivity contribution is 5.39. The zero-order valence-corrected chi connectivity index (χ0v) is 13.1. The molecule has 22 heavy (non-hydrogen) atoms. The van der Waals surface area contributed by atoms with Crippen LogP contribution in [0.15, 0.2) is 12.3 Å². The average Bonchev–Trinajstić information content (AvgIpc) is 3.22. The van der Waals surface area contributed by atoms with Crippen LogP contribution in [-0.2, 0) is 31.3 Å². The van der Waals surface area contributed by atoms with Crippen molar-refractivity contribution in [1.82, 2.24) is 19.6 Å². The molecule has 0 radical (unpaired) electrons. The second kappa shape index (κ2) is 5.76. The second-order valence-corrected chi connectivity index (χ2v) is 6.29.